The first kappa shape index (κ1) is 12.5. The van der Waals surface area contributed by atoms with Crippen molar-refractivity contribution in [1.82, 2.24) is 0 Å². The second-order valence-corrected chi connectivity index (χ2v) is 3.23. The standard InChI is InChI=1S/C11H12ClNO3/c1-2-16-11-4-3-8(10(15)6-12)5-9(11)13-7-14/h3-5,7H,2,6H2,1H3,(H,13,14). The third-order valence-electron chi connectivity index (χ3n) is 1.94. The number of amides is 1. The number of ketones is 1. The van der Waals surface area contributed by atoms with Gasteiger partial charge in [0, 0.05) is 5.56 Å². The molecule has 0 bridgehead atoms. The molecule has 1 rings (SSSR count). The van der Waals surface area contributed by atoms with Crippen LogP contribution in [0.25, 0.3) is 0 Å². The van der Waals surface area contributed by atoms with Gasteiger partial charge in [-0.1, -0.05) is 0 Å². The zero-order valence-electron chi connectivity index (χ0n) is 8.83. The van der Waals surface area contributed by atoms with E-state index in [1.54, 1.807) is 18.2 Å². The number of Topliss-reactive ketones (excluding diaryl/α,β-unsaturated/α-hetero) is 1. The zero-order chi connectivity index (χ0) is 12.0. The Bertz CT molecular complexity index is 393. The van der Waals surface area contributed by atoms with Gasteiger partial charge in [-0.15, -0.1) is 11.6 Å². The average molecular weight is 242 g/mol. The monoisotopic (exact) mass is 241 g/mol. The van der Waals surface area contributed by atoms with Crippen LogP contribution in [0.4, 0.5) is 5.69 Å². The van der Waals surface area contributed by atoms with Crippen LogP contribution in [0, 0.1) is 0 Å². The molecule has 0 aliphatic heterocycles. The summed E-state index contributed by atoms with van der Waals surface area (Å²) in [6.07, 6.45) is 0.535. The van der Waals surface area contributed by atoms with E-state index in [1.807, 2.05) is 6.92 Å². The van der Waals surface area contributed by atoms with E-state index in [0.29, 0.717) is 30.0 Å². The Morgan fingerprint density at radius 1 is 1.56 bits per heavy atom. The molecule has 0 saturated carbocycles. The van der Waals surface area contributed by atoms with Gasteiger partial charge in [0.1, 0.15) is 5.75 Å². The lowest BCUT2D eigenvalue weighted by Crippen LogP contribution is -2.04. The predicted molar refractivity (Wildman–Crippen MR) is 62.3 cm³/mol. The molecule has 0 atom stereocenters. The molecule has 4 nitrogen and oxygen atoms in total. The number of nitrogens with one attached hydrogen (secondary N) is 1. The molecule has 16 heavy (non-hydrogen) atoms. The Hall–Kier alpha value is -1.55. The fourth-order valence-corrected chi connectivity index (χ4v) is 1.39. The summed E-state index contributed by atoms with van der Waals surface area (Å²) in [6.45, 7) is 2.32. The van der Waals surface area contributed by atoms with Crippen LogP contribution < -0.4 is 10.1 Å². The molecule has 1 aromatic carbocycles. The molecule has 0 saturated heterocycles. The molecule has 0 aliphatic rings. The van der Waals surface area contributed by atoms with Crippen molar-refractivity contribution < 1.29 is 14.3 Å². The fraction of sp³-hybridized carbons (Fsp3) is 0.273. The van der Waals surface area contributed by atoms with Crippen LogP contribution in [-0.4, -0.2) is 24.7 Å². The number of hydrogen-bond acceptors (Lipinski definition) is 3. The number of rotatable bonds is 6. The van der Waals surface area contributed by atoms with Gasteiger partial charge in [-0.3, -0.25) is 9.59 Å². The number of hydrogen-bond donors (Lipinski definition) is 1. The maximum absolute atomic E-state index is 11.4. The van der Waals surface area contributed by atoms with Crippen LogP contribution in [0.15, 0.2) is 18.2 Å². The number of halogens is 1. The van der Waals surface area contributed by atoms with Gasteiger partial charge in [-0.2, -0.15) is 0 Å². The molecular formula is C11H12ClNO3. The molecule has 0 spiro atoms. The molecule has 0 heterocycles. The number of carbonyl (C=O) groups is 2. The van der Waals surface area contributed by atoms with E-state index >= 15 is 0 Å². The van der Waals surface area contributed by atoms with Crippen LogP contribution >= 0.6 is 11.6 Å². The Balaban J connectivity index is 3.05. The SMILES string of the molecule is CCOc1ccc(C(=O)CCl)cc1NC=O. The minimum atomic E-state index is -0.196. The van der Waals surface area contributed by atoms with E-state index in [-0.39, 0.29) is 11.7 Å². The number of anilines is 1. The van der Waals surface area contributed by atoms with Crippen molar-refractivity contribution in [1.29, 1.82) is 0 Å². The van der Waals surface area contributed by atoms with Crippen molar-refractivity contribution in [2.45, 2.75) is 6.92 Å². The van der Waals surface area contributed by atoms with E-state index in [4.69, 9.17) is 16.3 Å². The second kappa shape index (κ2) is 6.12. The first-order valence-electron chi connectivity index (χ1n) is 4.79. The summed E-state index contributed by atoms with van der Waals surface area (Å²) in [5.74, 6) is 0.244. The number of alkyl halides is 1. The highest BCUT2D eigenvalue weighted by molar-refractivity contribution is 6.30. The van der Waals surface area contributed by atoms with Crippen LogP contribution in [0.1, 0.15) is 17.3 Å². The summed E-state index contributed by atoms with van der Waals surface area (Å²) in [5.41, 5.74) is 0.913. The van der Waals surface area contributed by atoms with Crippen molar-refractivity contribution in [2.75, 3.05) is 17.8 Å². The van der Waals surface area contributed by atoms with Gasteiger partial charge in [0.2, 0.25) is 6.41 Å². The van der Waals surface area contributed by atoms with Crippen LogP contribution in [0.2, 0.25) is 0 Å². The first-order chi connectivity index (χ1) is 7.72. The molecule has 0 aromatic heterocycles. The van der Waals surface area contributed by atoms with Crippen molar-refractivity contribution in [3.05, 3.63) is 23.8 Å². The van der Waals surface area contributed by atoms with Crippen molar-refractivity contribution in [3.63, 3.8) is 0 Å². The molecule has 0 radical (unpaired) electrons. The van der Waals surface area contributed by atoms with E-state index in [1.165, 1.54) is 0 Å². The van der Waals surface area contributed by atoms with E-state index < -0.39 is 0 Å². The minimum absolute atomic E-state index is 0.0888. The van der Waals surface area contributed by atoms with Gasteiger partial charge in [0.15, 0.2) is 5.78 Å². The Kier molecular flexibility index (Phi) is 4.79. The van der Waals surface area contributed by atoms with Crippen LogP contribution in [-0.2, 0) is 4.79 Å². The predicted octanol–water partition coefficient (Wildman–Crippen LogP) is 2.08. The molecule has 0 aliphatic carbocycles. The molecule has 1 aromatic rings. The molecule has 5 heteroatoms. The van der Waals surface area contributed by atoms with E-state index in [2.05, 4.69) is 5.32 Å². The Labute approximate surface area is 98.5 Å². The van der Waals surface area contributed by atoms with Crippen LogP contribution in [0.3, 0.4) is 0 Å². The molecule has 0 fully saturated rings. The lowest BCUT2D eigenvalue weighted by molar-refractivity contribution is -0.105. The summed E-state index contributed by atoms with van der Waals surface area (Å²) in [6, 6.07) is 4.80. The zero-order valence-corrected chi connectivity index (χ0v) is 9.58. The number of ether oxygens (including phenoxy) is 1. The fourth-order valence-electron chi connectivity index (χ4n) is 1.24. The minimum Gasteiger partial charge on any atom is -0.492 e. The third kappa shape index (κ3) is 2.97. The van der Waals surface area contributed by atoms with E-state index in [9.17, 15) is 9.59 Å². The highest BCUT2D eigenvalue weighted by Crippen LogP contribution is 2.25. The van der Waals surface area contributed by atoms with Gasteiger partial charge in [-0.25, -0.2) is 0 Å². The van der Waals surface area contributed by atoms with Gasteiger partial charge < -0.3 is 10.1 Å². The first-order valence-corrected chi connectivity index (χ1v) is 5.32. The lowest BCUT2D eigenvalue weighted by atomic mass is 10.1. The third-order valence-corrected chi connectivity index (χ3v) is 2.18. The van der Waals surface area contributed by atoms with Crippen LogP contribution in [0.5, 0.6) is 5.75 Å². The van der Waals surface area contributed by atoms with Crippen molar-refractivity contribution in [3.8, 4) is 5.75 Å². The largest absolute Gasteiger partial charge is 0.492 e. The molecule has 1 amide bonds. The summed E-state index contributed by atoms with van der Waals surface area (Å²) >= 11 is 5.45. The maximum Gasteiger partial charge on any atom is 0.211 e. The highest BCUT2D eigenvalue weighted by Gasteiger charge is 2.09. The topological polar surface area (TPSA) is 55.4 Å². The van der Waals surface area contributed by atoms with Gasteiger partial charge in [0.25, 0.3) is 0 Å². The number of benzene rings is 1. The molecular weight excluding hydrogens is 230 g/mol. The average Bonchev–Trinajstić information content (AvgIpc) is 2.31. The van der Waals surface area contributed by atoms with Crippen molar-refractivity contribution >= 4 is 29.5 Å². The molecule has 86 valence electrons. The second-order valence-electron chi connectivity index (χ2n) is 2.96. The lowest BCUT2D eigenvalue weighted by Gasteiger charge is -2.10. The summed E-state index contributed by atoms with van der Waals surface area (Å²) in [7, 11) is 0. The number of carbonyl (C=O) groups excluding carboxylic acids is 2. The van der Waals surface area contributed by atoms with Gasteiger partial charge in [-0.05, 0) is 25.1 Å². The van der Waals surface area contributed by atoms with Gasteiger partial charge in [0.05, 0.1) is 18.2 Å². The summed E-state index contributed by atoms with van der Waals surface area (Å²) in [5, 5.41) is 2.48. The Morgan fingerprint density at radius 2 is 2.31 bits per heavy atom. The maximum atomic E-state index is 11.4. The van der Waals surface area contributed by atoms with Crippen molar-refractivity contribution in [2.24, 2.45) is 0 Å². The van der Waals surface area contributed by atoms with Gasteiger partial charge >= 0.3 is 0 Å². The van der Waals surface area contributed by atoms with E-state index in [0.717, 1.165) is 0 Å². The normalized spacial score (nSPS) is 9.62. The smallest absolute Gasteiger partial charge is 0.211 e. The molecule has 1 N–H and O–H groups in total. The molecule has 0 unspecified atom stereocenters. The Morgan fingerprint density at radius 3 is 2.88 bits per heavy atom. The summed E-state index contributed by atoms with van der Waals surface area (Å²) < 4.78 is 5.29. The highest BCUT2D eigenvalue weighted by atomic mass is 35.5. The quantitative estimate of drug-likeness (QED) is 0.471. The summed E-state index contributed by atoms with van der Waals surface area (Å²) in [4.78, 5) is 21.8.